The molecule has 0 aliphatic heterocycles. The maximum atomic E-state index is 11.6. The number of carboxylic acids is 1. The number of carboxylic acid groups (broad SMARTS) is 1. The van der Waals surface area contributed by atoms with Crippen LogP contribution in [0.1, 0.15) is 26.4 Å². The molecule has 1 aromatic heterocycles. The second-order valence-corrected chi connectivity index (χ2v) is 8.14. The summed E-state index contributed by atoms with van der Waals surface area (Å²) in [5.41, 5.74) is 0.939. The number of carbonyl (C=O) groups excluding carboxylic acids is 1. The summed E-state index contributed by atoms with van der Waals surface area (Å²) in [7, 11) is -2.12. The first-order valence-corrected chi connectivity index (χ1v) is 11.3. The molecule has 1 amide bonds. The zero-order chi connectivity index (χ0) is 24.7. The molecule has 2 aromatic carbocycles. The van der Waals surface area contributed by atoms with Gasteiger partial charge in [-0.1, -0.05) is 36.4 Å². The minimum atomic E-state index is -3.78. The number of sulfonamides is 1. The summed E-state index contributed by atoms with van der Waals surface area (Å²) in [5, 5.41) is 8.74. The summed E-state index contributed by atoms with van der Waals surface area (Å²) in [6.07, 6.45) is 2.93. The van der Waals surface area contributed by atoms with E-state index in [0.29, 0.717) is 0 Å². The number of aryl methyl sites for hydroxylation is 1. The highest BCUT2D eigenvalue weighted by Crippen LogP contribution is 2.06. The Labute approximate surface area is 193 Å². The van der Waals surface area contributed by atoms with Gasteiger partial charge in [0.05, 0.1) is 18.4 Å². The molecule has 0 bridgehead atoms. The Morgan fingerprint density at radius 1 is 1.03 bits per heavy atom. The van der Waals surface area contributed by atoms with Gasteiger partial charge >= 0.3 is 5.97 Å². The molecule has 8 nitrogen and oxygen atoms in total. The zero-order valence-corrected chi connectivity index (χ0v) is 19.2. The van der Waals surface area contributed by atoms with Gasteiger partial charge in [0, 0.05) is 17.5 Å². The number of aromatic carboxylic acids is 1. The third-order valence-electron chi connectivity index (χ3n) is 3.75. The summed E-state index contributed by atoms with van der Waals surface area (Å²) < 4.78 is 29.4. The summed E-state index contributed by atoms with van der Waals surface area (Å²) in [6.45, 7) is 5.23. The Hall–Kier alpha value is -3.98. The van der Waals surface area contributed by atoms with Gasteiger partial charge in [-0.2, -0.15) is 0 Å². The van der Waals surface area contributed by atoms with Crippen molar-refractivity contribution in [1.29, 1.82) is 0 Å². The van der Waals surface area contributed by atoms with Crippen LogP contribution >= 0.6 is 0 Å². The molecule has 0 saturated carbocycles. The number of benzene rings is 2. The number of methoxy groups -OCH3 is 1. The molecular weight excluding hydrogens is 444 g/mol. The Balaban J connectivity index is 0.000000295. The molecule has 1 heterocycles. The predicted octanol–water partition coefficient (Wildman–Crippen LogP) is 3.72. The first kappa shape index (κ1) is 27.1. The van der Waals surface area contributed by atoms with Crippen molar-refractivity contribution < 1.29 is 27.9 Å². The van der Waals surface area contributed by atoms with Gasteiger partial charge in [0.15, 0.2) is 0 Å². The van der Waals surface area contributed by atoms with E-state index in [1.807, 2.05) is 60.2 Å². The van der Waals surface area contributed by atoms with Gasteiger partial charge in [0.25, 0.3) is 5.91 Å². The summed E-state index contributed by atoms with van der Waals surface area (Å²) >= 11 is 0. The second-order valence-electron chi connectivity index (χ2n) is 6.38. The van der Waals surface area contributed by atoms with Crippen LogP contribution in [0.15, 0.2) is 91.6 Å². The zero-order valence-electron chi connectivity index (χ0n) is 18.3. The van der Waals surface area contributed by atoms with E-state index in [2.05, 4.69) is 11.6 Å². The lowest BCUT2D eigenvalue weighted by atomic mass is 10.1. The van der Waals surface area contributed by atoms with Crippen molar-refractivity contribution in [3.63, 3.8) is 0 Å². The summed E-state index contributed by atoms with van der Waals surface area (Å²) in [6, 6.07) is 20.6. The van der Waals surface area contributed by atoms with E-state index >= 15 is 0 Å². The van der Waals surface area contributed by atoms with Crippen LogP contribution < -0.4 is 9.46 Å². The number of aromatic nitrogens is 1. The van der Waals surface area contributed by atoms with E-state index in [9.17, 15) is 18.0 Å². The van der Waals surface area contributed by atoms with Crippen LogP contribution in [0.2, 0.25) is 0 Å². The van der Waals surface area contributed by atoms with E-state index in [-0.39, 0.29) is 11.1 Å². The summed E-state index contributed by atoms with van der Waals surface area (Å²) in [5.74, 6) is -1.55. The first-order valence-electron chi connectivity index (χ1n) is 9.64. The number of amides is 1. The molecule has 3 aromatic rings. The van der Waals surface area contributed by atoms with Gasteiger partial charge in [-0.25, -0.2) is 17.9 Å². The lowest BCUT2D eigenvalue weighted by molar-refractivity contribution is 0.0697. The number of rotatable bonds is 6. The maximum Gasteiger partial charge on any atom is 0.335 e. The van der Waals surface area contributed by atoms with E-state index in [4.69, 9.17) is 9.84 Å². The van der Waals surface area contributed by atoms with Crippen molar-refractivity contribution in [2.24, 2.45) is 0 Å². The third kappa shape index (κ3) is 11.3. The Kier molecular flexibility index (Phi) is 11.6. The smallest absolute Gasteiger partial charge is 0.335 e. The maximum absolute atomic E-state index is 11.6. The highest BCUT2D eigenvalue weighted by Gasteiger charge is 2.15. The van der Waals surface area contributed by atoms with Crippen molar-refractivity contribution >= 4 is 21.9 Å². The van der Waals surface area contributed by atoms with Crippen LogP contribution in [0.4, 0.5) is 0 Å². The van der Waals surface area contributed by atoms with E-state index < -0.39 is 27.7 Å². The van der Waals surface area contributed by atoms with Gasteiger partial charge in [-0.05, 0) is 49.4 Å². The average molecular weight is 471 g/mol. The molecule has 0 atom stereocenters. The molecule has 0 radical (unpaired) electrons. The molecule has 9 heteroatoms. The van der Waals surface area contributed by atoms with Crippen LogP contribution in [0.5, 0.6) is 5.75 Å². The van der Waals surface area contributed by atoms with Crippen LogP contribution in [0.3, 0.4) is 0 Å². The normalized spacial score (nSPS) is 9.76. The van der Waals surface area contributed by atoms with Gasteiger partial charge in [-0.15, -0.1) is 6.58 Å². The number of nitrogens with zero attached hydrogens (tertiary/aromatic N) is 1. The number of para-hydroxylation sites is 1. The monoisotopic (exact) mass is 470 g/mol. The van der Waals surface area contributed by atoms with Crippen molar-refractivity contribution in [1.82, 2.24) is 9.71 Å². The van der Waals surface area contributed by atoms with Crippen LogP contribution in [0, 0.1) is 6.92 Å². The molecule has 0 fully saturated rings. The molecule has 3 rings (SSSR count). The fourth-order valence-corrected chi connectivity index (χ4v) is 2.99. The number of nitrogens with one attached hydrogen (secondary N) is 1. The van der Waals surface area contributed by atoms with Crippen LogP contribution in [-0.4, -0.2) is 43.2 Å². The molecule has 2 N–H and O–H groups in total. The number of ether oxygens (including phenoxy) is 1. The predicted molar refractivity (Wildman–Crippen MR) is 127 cm³/mol. The average Bonchev–Trinajstić information content (AvgIpc) is 2.80. The molecule has 0 aliphatic carbocycles. The SMILES string of the molecule is C=CCS(=O)(=O)NC(=O)c1cccc(C(=O)O)c1.COc1ccccc1.Cc1ccccn1. The van der Waals surface area contributed by atoms with Crippen molar-refractivity contribution in [2.75, 3.05) is 12.9 Å². The minimum Gasteiger partial charge on any atom is -0.497 e. The van der Waals surface area contributed by atoms with Crippen molar-refractivity contribution in [3.8, 4) is 5.75 Å². The quantitative estimate of drug-likeness (QED) is 0.527. The van der Waals surface area contributed by atoms with Crippen molar-refractivity contribution in [2.45, 2.75) is 6.92 Å². The van der Waals surface area contributed by atoms with E-state index in [1.54, 1.807) is 13.3 Å². The Bertz CT molecular complexity index is 1130. The van der Waals surface area contributed by atoms with Crippen LogP contribution in [0.25, 0.3) is 0 Å². The topological polar surface area (TPSA) is 123 Å². The highest BCUT2D eigenvalue weighted by atomic mass is 32.2. The Morgan fingerprint density at radius 2 is 1.67 bits per heavy atom. The molecule has 0 aliphatic rings. The molecular formula is C24H26N2O6S. The molecule has 33 heavy (non-hydrogen) atoms. The highest BCUT2D eigenvalue weighted by molar-refractivity contribution is 7.90. The van der Waals surface area contributed by atoms with Gasteiger partial charge < -0.3 is 9.84 Å². The number of hydrogen-bond donors (Lipinski definition) is 2. The largest absolute Gasteiger partial charge is 0.497 e. The molecule has 0 spiro atoms. The fourth-order valence-electron chi connectivity index (χ4n) is 2.20. The molecule has 0 unspecified atom stereocenters. The lowest BCUT2D eigenvalue weighted by Crippen LogP contribution is -2.32. The van der Waals surface area contributed by atoms with Crippen LogP contribution in [-0.2, 0) is 10.0 Å². The van der Waals surface area contributed by atoms with E-state index in [1.165, 1.54) is 18.2 Å². The summed E-state index contributed by atoms with van der Waals surface area (Å²) in [4.78, 5) is 26.3. The van der Waals surface area contributed by atoms with Crippen molar-refractivity contribution in [3.05, 3.63) is 108 Å². The van der Waals surface area contributed by atoms with Gasteiger partial charge in [-0.3, -0.25) is 9.78 Å². The molecule has 0 saturated heterocycles. The number of pyridine rings is 1. The number of carbonyl (C=O) groups is 2. The number of hydrogen-bond acceptors (Lipinski definition) is 6. The lowest BCUT2D eigenvalue weighted by Gasteiger charge is -2.05. The van der Waals surface area contributed by atoms with Gasteiger partial charge in [0.1, 0.15) is 5.75 Å². The first-order chi connectivity index (χ1) is 15.7. The minimum absolute atomic E-state index is 0.0393. The molecule has 174 valence electrons. The second kappa shape index (κ2) is 14.2. The van der Waals surface area contributed by atoms with Gasteiger partial charge in [0.2, 0.25) is 10.0 Å². The Morgan fingerprint density at radius 3 is 2.12 bits per heavy atom. The standard InChI is InChI=1S/C11H11NO5S.C7H8O.C6H7N/c1-2-6-18(16,17)12-10(13)8-4-3-5-9(7-8)11(14)15;1-8-7-5-3-2-4-6-7;1-6-4-2-3-5-7-6/h2-5,7H,1,6H2,(H,12,13)(H,14,15);2-6H,1H3;2-5H,1H3. The fraction of sp³-hybridized carbons (Fsp3) is 0.125. The van der Waals surface area contributed by atoms with E-state index in [0.717, 1.165) is 23.6 Å². The third-order valence-corrected chi connectivity index (χ3v) is 4.92.